The van der Waals surface area contributed by atoms with E-state index in [1.807, 2.05) is 19.0 Å². The lowest BCUT2D eigenvalue weighted by molar-refractivity contribution is 0.0941. The van der Waals surface area contributed by atoms with Crippen LogP contribution < -0.4 is 4.90 Å². The van der Waals surface area contributed by atoms with E-state index in [0.717, 1.165) is 19.6 Å². The van der Waals surface area contributed by atoms with Gasteiger partial charge in [-0.2, -0.15) is 0 Å². The number of ether oxygens (including phenoxy) is 1. The highest BCUT2D eigenvalue weighted by Gasteiger charge is 2.22. The molecule has 1 aliphatic heterocycles. The number of nitrogens with zero attached hydrogens (tertiary/aromatic N) is 3. The van der Waals surface area contributed by atoms with Crippen LogP contribution in [0.4, 0.5) is 10.5 Å². The molecule has 0 atom stereocenters. The SMILES string of the molecule is CSc1ccc(N2CCN(C(=O)OCCN(C)C)CC2)cc1C. The van der Waals surface area contributed by atoms with Crippen molar-refractivity contribution < 1.29 is 9.53 Å². The van der Waals surface area contributed by atoms with Crippen molar-refractivity contribution >= 4 is 23.5 Å². The van der Waals surface area contributed by atoms with Crippen molar-refractivity contribution in [2.45, 2.75) is 11.8 Å². The van der Waals surface area contributed by atoms with Crippen LogP contribution in [0.15, 0.2) is 23.1 Å². The van der Waals surface area contributed by atoms with Crippen molar-refractivity contribution in [3.8, 4) is 0 Å². The number of hydrogen-bond acceptors (Lipinski definition) is 5. The highest BCUT2D eigenvalue weighted by atomic mass is 32.2. The molecule has 23 heavy (non-hydrogen) atoms. The third-order valence-electron chi connectivity index (χ3n) is 4.05. The molecule has 0 spiro atoms. The largest absolute Gasteiger partial charge is 0.448 e. The number of thioether (sulfide) groups is 1. The van der Waals surface area contributed by atoms with E-state index in [1.54, 1.807) is 16.7 Å². The van der Waals surface area contributed by atoms with E-state index < -0.39 is 0 Å². The van der Waals surface area contributed by atoms with Gasteiger partial charge in [-0.05, 0) is 51.0 Å². The second kappa shape index (κ2) is 8.45. The van der Waals surface area contributed by atoms with Gasteiger partial charge in [-0.15, -0.1) is 11.8 Å². The molecule has 2 rings (SSSR count). The number of piperazine rings is 1. The van der Waals surface area contributed by atoms with Crippen LogP contribution in [0.1, 0.15) is 5.56 Å². The van der Waals surface area contributed by atoms with Gasteiger partial charge in [0.1, 0.15) is 6.61 Å². The zero-order valence-electron chi connectivity index (χ0n) is 14.5. The van der Waals surface area contributed by atoms with Crippen molar-refractivity contribution in [2.24, 2.45) is 0 Å². The predicted octanol–water partition coefficient (Wildman–Crippen LogP) is 2.54. The zero-order chi connectivity index (χ0) is 16.8. The summed E-state index contributed by atoms with van der Waals surface area (Å²) in [7, 11) is 3.94. The van der Waals surface area contributed by atoms with E-state index in [0.29, 0.717) is 19.7 Å². The first kappa shape index (κ1) is 17.9. The fourth-order valence-electron chi connectivity index (χ4n) is 2.61. The fraction of sp³-hybridized carbons (Fsp3) is 0.588. The molecule has 0 unspecified atom stereocenters. The third kappa shape index (κ3) is 5.04. The maximum absolute atomic E-state index is 12.0. The van der Waals surface area contributed by atoms with E-state index in [2.05, 4.69) is 36.3 Å². The molecule has 1 amide bonds. The molecule has 0 saturated carbocycles. The molecule has 1 aromatic carbocycles. The Morgan fingerprint density at radius 1 is 1.26 bits per heavy atom. The first-order chi connectivity index (χ1) is 11.0. The van der Waals surface area contributed by atoms with Crippen LogP contribution in [0.2, 0.25) is 0 Å². The Labute approximate surface area is 143 Å². The van der Waals surface area contributed by atoms with Crippen molar-refractivity contribution in [1.82, 2.24) is 9.80 Å². The minimum Gasteiger partial charge on any atom is -0.448 e. The standard InChI is InChI=1S/C17H27N3O2S/c1-14-13-15(5-6-16(14)23-4)19-7-9-20(10-8-19)17(21)22-12-11-18(2)3/h5-6,13H,7-12H2,1-4H3. The summed E-state index contributed by atoms with van der Waals surface area (Å²) in [6.45, 7) is 6.47. The van der Waals surface area contributed by atoms with Crippen molar-refractivity contribution in [1.29, 1.82) is 0 Å². The van der Waals surface area contributed by atoms with E-state index >= 15 is 0 Å². The summed E-state index contributed by atoms with van der Waals surface area (Å²) in [6.07, 6.45) is 1.91. The molecule has 1 fully saturated rings. The highest BCUT2D eigenvalue weighted by molar-refractivity contribution is 7.98. The van der Waals surface area contributed by atoms with Crippen molar-refractivity contribution in [2.75, 3.05) is 64.6 Å². The van der Waals surface area contributed by atoms with Gasteiger partial charge >= 0.3 is 6.09 Å². The van der Waals surface area contributed by atoms with Gasteiger partial charge in [-0.3, -0.25) is 0 Å². The number of amides is 1. The molecule has 1 aromatic rings. The minimum absolute atomic E-state index is 0.194. The molecule has 0 N–H and O–H groups in total. The second-order valence-corrected chi connectivity index (χ2v) is 6.89. The topological polar surface area (TPSA) is 36.0 Å². The molecule has 1 heterocycles. The summed E-state index contributed by atoms with van der Waals surface area (Å²) < 4.78 is 5.31. The molecule has 0 radical (unpaired) electrons. The number of hydrogen-bond donors (Lipinski definition) is 0. The van der Waals surface area contributed by atoms with Gasteiger partial charge < -0.3 is 19.4 Å². The summed E-state index contributed by atoms with van der Waals surface area (Å²) in [5, 5.41) is 0. The van der Waals surface area contributed by atoms with Gasteiger partial charge in [0.25, 0.3) is 0 Å². The van der Waals surface area contributed by atoms with Gasteiger partial charge in [0, 0.05) is 43.3 Å². The molecule has 0 aromatic heterocycles. The average molecular weight is 337 g/mol. The summed E-state index contributed by atoms with van der Waals surface area (Å²) >= 11 is 1.77. The number of aryl methyl sites for hydroxylation is 1. The number of rotatable bonds is 5. The third-order valence-corrected chi connectivity index (χ3v) is 4.94. The van der Waals surface area contributed by atoms with Crippen molar-refractivity contribution in [3.05, 3.63) is 23.8 Å². The zero-order valence-corrected chi connectivity index (χ0v) is 15.4. The number of likely N-dealkylation sites (N-methyl/N-ethyl adjacent to an activating group) is 1. The lowest BCUT2D eigenvalue weighted by atomic mass is 10.2. The molecule has 1 saturated heterocycles. The molecular formula is C17H27N3O2S. The maximum atomic E-state index is 12.0. The lowest BCUT2D eigenvalue weighted by Gasteiger charge is -2.35. The molecule has 6 heteroatoms. The van der Waals surface area contributed by atoms with Crippen LogP contribution in [-0.2, 0) is 4.74 Å². The van der Waals surface area contributed by atoms with E-state index in [9.17, 15) is 4.79 Å². The average Bonchev–Trinajstić information content (AvgIpc) is 2.54. The van der Waals surface area contributed by atoms with Crippen LogP contribution in [0.25, 0.3) is 0 Å². The Morgan fingerprint density at radius 3 is 2.52 bits per heavy atom. The molecule has 0 aliphatic carbocycles. The Kier molecular flexibility index (Phi) is 6.59. The van der Waals surface area contributed by atoms with Gasteiger partial charge in [-0.1, -0.05) is 0 Å². The number of benzene rings is 1. The Morgan fingerprint density at radius 2 is 1.96 bits per heavy atom. The predicted molar refractivity (Wildman–Crippen MR) is 96.6 cm³/mol. The normalized spacial score (nSPS) is 15.2. The number of carbonyl (C=O) groups excluding carboxylic acids is 1. The summed E-state index contributed by atoms with van der Waals surface area (Å²) in [5.41, 5.74) is 2.54. The minimum atomic E-state index is -0.194. The molecule has 0 bridgehead atoms. The monoisotopic (exact) mass is 337 g/mol. The summed E-state index contributed by atoms with van der Waals surface area (Å²) in [5.74, 6) is 0. The second-order valence-electron chi connectivity index (χ2n) is 6.05. The quantitative estimate of drug-likeness (QED) is 0.772. The van der Waals surface area contributed by atoms with Crippen LogP contribution >= 0.6 is 11.8 Å². The van der Waals surface area contributed by atoms with Crippen LogP contribution in [0.5, 0.6) is 0 Å². The van der Waals surface area contributed by atoms with Crippen LogP contribution in [-0.4, -0.2) is 75.6 Å². The highest BCUT2D eigenvalue weighted by Crippen LogP contribution is 2.25. The Balaban J connectivity index is 1.83. The van der Waals surface area contributed by atoms with Gasteiger partial charge in [0.2, 0.25) is 0 Å². The molecule has 1 aliphatic rings. The first-order valence-electron chi connectivity index (χ1n) is 7.97. The van der Waals surface area contributed by atoms with Crippen LogP contribution in [0.3, 0.4) is 0 Å². The van der Waals surface area contributed by atoms with E-state index in [1.165, 1.54) is 16.1 Å². The van der Waals surface area contributed by atoms with E-state index in [4.69, 9.17) is 4.74 Å². The fourth-order valence-corrected chi connectivity index (χ4v) is 3.20. The summed E-state index contributed by atoms with van der Waals surface area (Å²) in [6, 6.07) is 6.58. The number of carbonyl (C=O) groups is 1. The first-order valence-corrected chi connectivity index (χ1v) is 9.19. The summed E-state index contributed by atoms with van der Waals surface area (Å²) in [4.78, 5) is 19.5. The van der Waals surface area contributed by atoms with E-state index in [-0.39, 0.29) is 6.09 Å². The maximum Gasteiger partial charge on any atom is 0.409 e. The smallest absolute Gasteiger partial charge is 0.409 e. The number of anilines is 1. The molecular weight excluding hydrogens is 310 g/mol. The van der Waals surface area contributed by atoms with Crippen molar-refractivity contribution in [3.63, 3.8) is 0 Å². The molecule has 128 valence electrons. The lowest BCUT2D eigenvalue weighted by Crippen LogP contribution is -2.49. The van der Waals surface area contributed by atoms with Gasteiger partial charge in [0.05, 0.1) is 0 Å². The Hall–Kier alpha value is -1.40. The van der Waals surface area contributed by atoms with Gasteiger partial charge in [0.15, 0.2) is 0 Å². The Bertz CT molecular complexity index is 529. The van der Waals surface area contributed by atoms with Gasteiger partial charge in [-0.25, -0.2) is 4.79 Å². The molecule has 5 nitrogen and oxygen atoms in total. The van der Waals surface area contributed by atoms with Crippen LogP contribution in [0, 0.1) is 6.92 Å².